The zero-order valence-electron chi connectivity index (χ0n) is 7.41. The second-order valence-corrected chi connectivity index (χ2v) is 7.56. The molecule has 0 saturated heterocycles. The molecule has 0 aromatic heterocycles. The normalized spacial score (nSPS) is 10.6. The molecule has 108 valence electrons. The average molecular weight is 454 g/mol. The quantitative estimate of drug-likeness (QED) is 0.145. The van der Waals surface area contributed by atoms with Gasteiger partial charge in [-0.3, -0.25) is 0 Å². The Hall–Kier alpha value is 2.08. The van der Waals surface area contributed by atoms with Gasteiger partial charge in [0.1, 0.15) is 0 Å². The molecule has 17 heavy (non-hydrogen) atoms. The van der Waals surface area contributed by atoms with Crippen molar-refractivity contribution in [2.45, 2.75) is 0 Å². The van der Waals surface area contributed by atoms with Crippen LogP contribution in [0.15, 0.2) is 0 Å². The van der Waals surface area contributed by atoms with Gasteiger partial charge in [-0.15, -0.1) is 0 Å². The van der Waals surface area contributed by atoms with E-state index in [-0.39, 0.29) is 0 Å². The van der Waals surface area contributed by atoms with Crippen LogP contribution in [-0.4, -0.2) is 44.0 Å². The Kier molecular flexibility index (Phi) is 21.1. The van der Waals surface area contributed by atoms with Gasteiger partial charge in [0.2, 0.25) is 0 Å². The number of hydrogen-bond acceptors (Lipinski definition) is 4. The molecular weight excluding hydrogens is 445 g/mol. The molecule has 0 aromatic carbocycles. The molecule has 0 aromatic rings. The van der Waals surface area contributed by atoms with E-state index >= 15 is 0 Å². The van der Waals surface area contributed by atoms with Gasteiger partial charge < -0.3 is 44.0 Å². The number of phosphoric acid groups is 1. The fourth-order valence-corrected chi connectivity index (χ4v) is 0. The van der Waals surface area contributed by atoms with Crippen molar-refractivity contribution in [3.63, 3.8) is 0 Å². The van der Waals surface area contributed by atoms with Gasteiger partial charge in [0.05, 0.1) is 0 Å². The van der Waals surface area contributed by atoms with Crippen LogP contribution in [0, 0.1) is 0 Å². The maximum atomic E-state index is 8.88. The van der Waals surface area contributed by atoms with Crippen molar-refractivity contribution in [1.82, 2.24) is 0 Å². The summed E-state index contributed by atoms with van der Waals surface area (Å²) in [6.45, 7) is -7.61. The van der Waals surface area contributed by atoms with Crippen LogP contribution in [0.3, 0.4) is 0 Å². The van der Waals surface area contributed by atoms with Crippen molar-refractivity contribution in [3.05, 3.63) is 0 Å². The fraction of sp³-hybridized carbons (Fsp3) is 0. The average Bonchev–Trinajstić information content (AvgIpc) is 1.77. The Morgan fingerprint density at radius 2 is 0.647 bits per heavy atom. The van der Waals surface area contributed by atoms with E-state index < -0.39 is 21.3 Å². The molecule has 10 nitrogen and oxygen atoms in total. The summed E-state index contributed by atoms with van der Waals surface area (Å²) in [7, 11) is -0.546. The zero-order chi connectivity index (χ0) is 15.5. The second kappa shape index (κ2) is 13.1. The Morgan fingerprint density at radius 3 is 0.647 bits per heavy atom. The van der Waals surface area contributed by atoms with Crippen molar-refractivity contribution < 1.29 is 66.6 Å². The third-order valence-electron chi connectivity index (χ3n) is 0. The predicted molar refractivity (Wildman–Crippen MR) is 63.7 cm³/mol. The van der Waals surface area contributed by atoms with Gasteiger partial charge in [-0.2, -0.15) is 0 Å². The van der Waals surface area contributed by atoms with Crippen LogP contribution in [0.1, 0.15) is 0 Å². The first kappa shape index (κ1) is 27.4. The minimum atomic E-state index is -4.64. The molecule has 0 heterocycles. The van der Waals surface area contributed by atoms with E-state index in [4.69, 9.17) is 48.6 Å². The summed E-state index contributed by atoms with van der Waals surface area (Å²) in [5.41, 5.74) is 0. The van der Waals surface area contributed by atoms with Gasteiger partial charge in [-0.05, 0) is 23.6 Å². The zero-order valence-corrected chi connectivity index (χ0v) is 14.5. The molecule has 0 aliphatic carbocycles. The van der Waals surface area contributed by atoms with Gasteiger partial charge in [-0.1, -0.05) is 0 Å². The molecule has 0 spiro atoms. The van der Waals surface area contributed by atoms with Crippen LogP contribution in [0.25, 0.3) is 0 Å². The first-order valence-electron chi connectivity index (χ1n) is 2.51. The molecule has 0 bridgehead atoms. The van der Waals surface area contributed by atoms with Crippen LogP contribution in [-0.2, 0) is 46.2 Å². The molecule has 9 N–H and O–H groups in total. The predicted octanol–water partition coefficient (Wildman–Crippen LogP) is -1.91. The monoisotopic (exact) mass is 456 g/mol. The molecular formula is H9MoO10P3S3. The first-order chi connectivity index (χ1) is 7.00. The third-order valence-corrected chi connectivity index (χ3v) is 0. The van der Waals surface area contributed by atoms with Crippen LogP contribution in [0.5, 0.6) is 0 Å². The summed E-state index contributed by atoms with van der Waals surface area (Å²) in [5, 5.41) is 0. The standard InChI is InChI=1S/Mo.H3O4P.2H3O3PS.S/c;1-5(2,3)4;2*1-4(2,3)5;/h;(H3,1,2,3,4);2*(H3,1,2,3,5);. The van der Waals surface area contributed by atoms with Crippen molar-refractivity contribution in [2.75, 3.05) is 0 Å². The summed E-state index contributed by atoms with van der Waals surface area (Å²) in [6.07, 6.45) is 0. The molecule has 0 fully saturated rings. The summed E-state index contributed by atoms with van der Waals surface area (Å²) < 4.78 is 8.88. The van der Waals surface area contributed by atoms with E-state index in [2.05, 4.69) is 33.4 Å². The van der Waals surface area contributed by atoms with Crippen molar-refractivity contribution in [1.29, 1.82) is 0 Å². The fourth-order valence-electron chi connectivity index (χ4n) is 0. The molecule has 0 aliphatic heterocycles. The van der Waals surface area contributed by atoms with Gasteiger partial charge in [0.15, 0.2) is 0 Å². The topological polar surface area (TPSA) is 199 Å². The van der Waals surface area contributed by atoms with Crippen molar-refractivity contribution in [3.8, 4) is 0 Å². The van der Waals surface area contributed by atoms with E-state index in [1.807, 2.05) is 0 Å². The molecule has 0 atom stereocenters. The van der Waals surface area contributed by atoms with Crippen LogP contribution < -0.4 is 0 Å². The molecule has 17 heteroatoms. The first-order valence-corrected chi connectivity index (χ1v) is 12.2. The number of rotatable bonds is 0. The Morgan fingerprint density at radius 1 is 0.647 bits per heavy atom. The van der Waals surface area contributed by atoms with E-state index in [0.29, 0.717) is 0 Å². The SMILES string of the molecule is O=P(O)(O)O.OP(O)(O)=S.OP(O)(O)=S.[S]=[Mo]. The molecule has 0 unspecified atom stereocenters. The number of hydrogen-bond donors (Lipinski definition) is 9. The second-order valence-electron chi connectivity index (χ2n) is 1.54. The van der Waals surface area contributed by atoms with Crippen LogP contribution >= 0.6 is 31.1 Å². The van der Waals surface area contributed by atoms with Gasteiger partial charge in [0.25, 0.3) is 0 Å². The van der Waals surface area contributed by atoms with Crippen molar-refractivity contribution >= 4 is 54.7 Å². The molecule has 0 aliphatic rings. The van der Waals surface area contributed by atoms with Gasteiger partial charge in [-0.25, -0.2) is 4.57 Å². The maximum absolute atomic E-state index is 8.88. The molecule has 0 amide bonds. The van der Waals surface area contributed by atoms with Crippen LogP contribution in [0.2, 0.25) is 0 Å². The third kappa shape index (κ3) is 1080. The van der Waals surface area contributed by atoms with Gasteiger partial charge in [0, 0.05) is 0 Å². The molecule has 0 saturated carbocycles. The summed E-state index contributed by atoms with van der Waals surface area (Å²) in [6, 6.07) is 0. The Balaban J connectivity index is -0.0000000693. The van der Waals surface area contributed by atoms with Crippen LogP contribution in [0.4, 0.5) is 0 Å². The Labute approximate surface area is 121 Å². The summed E-state index contributed by atoms with van der Waals surface area (Å²) >= 11 is 8.74. The van der Waals surface area contributed by atoms with E-state index in [9.17, 15) is 0 Å². The summed E-state index contributed by atoms with van der Waals surface area (Å²) in [5.74, 6) is 0. The van der Waals surface area contributed by atoms with E-state index in [0.717, 1.165) is 0 Å². The molecule has 0 rings (SSSR count). The Bertz CT molecular complexity index is 226. The summed E-state index contributed by atoms with van der Waals surface area (Å²) in [4.78, 5) is 66.9. The minimum absolute atomic E-state index is 1.53. The van der Waals surface area contributed by atoms with Gasteiger partial charge >= 0.3 is 49.1 Å². The molecule has 0 radical (unpaired) electrons. The van der Waals surface area contributed by atoms with Crippen molar-refractivity contribution in [2.24, 2.45) is 0 Å². The van der Waals surface area contributed by atoms with E-state index in [1.165, 1.54) is 18.0 Å². The van der Waals surface area contributed by atoms with E-state index in [1.54, 1.807) is 0 Å².